The van der Waals surface area contributed by atoms with Crippen LogP contribution >= 0.6 is 0 Å². The Kier molecular flexibility index (Phi) is 5.67. The monoisotopic (exact) mass is 377 g/mol. The first-order chi connectivity index (χ1) is 13.7. The number of hydrogen-bond donors (Lipinski definition) is 1. The fraction of sp³-hybridized carbons (Fsp3) is 0.409. The fourth-order valence-corrected chi connectivity index (χ4v) is 3.99. The van der Waals surface area contributed by atoms with Crippen LogP contribution in [0.25, 0.3) is 10.8 Å². The Balaban J connectivity index is 1.42. The summed E-state index contributed by atoms with van der Waals surface area (Å²) in [7, 11) is 0. The Morgan fingerprint density at radius 1 is 1.11 bits per heavy atom. The van der Waals surface area contributed by atoms with Crippen molar-refractivity contribution in [2.75, 3.05) is 25.0 Å². The molecule has 28 heavy (non-hydrogen) atoms. The Hall–Kier alpha value is -2.73. The summed E-state index contributed by atoms with van der Waals surface area (Å²) in [5.74, 6) is 0.945. The van der Waals surface area contributed by atoms with Crippen LogP contribution in [0.1, 0.15) is 25.0 Å². The molecule has 1 aromatic carbocycles. The van der Waals surface area contributed by atoms with Crippen LogP contribution in [0.3, 0.4) is 0 Å². The highest BCUT2D eigenvalue weighted by Gasteiger charge is 2.22. The molecule has 1 N–H and O–H groups in total. The quantitative estimate of drug-likeness (QED) is 0.715. The van der Waals surface area contributed by atoms with Crippen molar-refractivity contribution in [3.05, 3.63) is 64.7 Å². The van der Waals surface area contributed by atoms with Crippen LogP contribution < -0.4 is 10.9 Å². The van der Waals surface area contributed by atoms with Crippen molar-refractivity contribution in [3.8, 4) is 0 Å². The predicted octanol–water partition coefficient (Wildman–Crippen LogP) is 3.07. The van der Waals surface area contributed by atoms with Gasteiger partial charge in [0.2, 0.25) is 0 Å². The second-order valence-corrected chi connectivity index (χ2v) is 7.48. The average molecular weight is 377 g/mol. The fourth-order valence-electron chi connectivity index (χ4n) is 3.99. The minimum absolute atomic E-state index is 0.0303. The van der Waals surface area contributed by atoms with Crippen molar-refractivity contribution in [1.82, 2.24) is 19.7 Å². The van der Waals surface area contributed by atoms with Crippen molar-refractivity contribution < 1.29 is 0 Å². The molecule has 6 nitrogen and oxygen atoms in total. The van der Waals surface area contributed by atoms with Crippen LogP contribution in [0.5, 0.6) is 0 Å². The molecule has 1 aliphatic heterocycles. The number of fused-ring (bicyclic) bond motifs is 1. The van der Waals surface area contributed by atoms with E-state index in [4.69, 9.17) is 0 Å². The molecule has 1 saturated heterocycles. The van der Waals surface area contributed by atoms with Crippen LogP contribution in [0.4, 0.5) is 5.82 Å². The summed E-state index contributed by atoms with van der Waals surface area (Å²) >= 11 is 0. The zero-order valence-corrected chi connectivity index (χ0v) is 16.3. The number of aromatic nitrogens is 3. The minimum atomic E-state index is -0.0303. The zero-order valence-electron chi connectivity index (χ0n) is 16.3. The topological polar surface area (TPSA) is 63.1 Å². The molecule has 2 aromatic heterocycles. The van der Waals surface area contributed by atoms with Gasteiger partial charge in [0.05, 0.1) is 12.2 Å². The highest BCUT2D eigenvalue weighted by molar-refractivity contribution is 5.91. The summed E-state index contributed by atoms with van der Waals surface area (Å²) in [5.41, 5.74) is 0.843. The van der Waals surface area contributed by atoms with Gasteiger partial charge in [-0.25, -0.2) is 9.67 Å². The van der Waals surface area contributed by atoms with E-state index >= 15 is 0 Å². The van der Waals surface area contributed by atoms with Crippen molar-refractivity contribution in [3.63, 3.8) is 0 Å². The van der Waals surface area contributed by atoms with E-state index in [-0.39, 0.29) is 5.56 Å². The molecule has 3 heterocycles. The summed E-state index contributed by atoms with van der Waals surface area (Å²) in [5, 5.41) is 10.3. The molecular weight excluding hydrogens is 350 g/mol. The number of nitrogens with zero attached hydrogens (tertiary/aromatic N) is 4. The van der Waals surface area contributed by atoms with Gasteiger partial charge in [0.1, 0.15) is 5.82 Å². The molecule has 0 saturated carbocycles. The third-order valence-corrected chi connectivity index (χ3v) is 5.53. The van der Waals surface area contributed by atoms with E-state index in [9.17, 15) is 4.79 Å². The van der Waals surface area contributed by atoms with Crippen LogP contribution in [0.2, 0.25) is 0 Å². The molecule has 1 fully saturated rings. The maximum atomic E-state index is 12.0. The third-order valence-electron chi connectivity index (χ3n) is 5.53. The Morgan fingerprint density at radius 2 is 2.00 bits per heavy atom. The van der Waals surface area contributed by atoms with Crippen LogP contribution in [-0.2, 0) is 6.54 Å². The highest BCUT2D eigenvalue weighted by Crippen LogP contribution is 2.22. The van der Waals surface area contributed by atoms with Gasteiger partial charge in [-0.1, -0.05) is 30.7 Å². The minimum Gasteiger partial charge on any atom is -0.368 e. The Bertz CT molecular complexity index is 994. The van der Waals surface area contributed by atoms with E-state index in [1.165, 1.54) is 18.2 Å². The molecule has 0 spiro atoms. The number of anilines is 1. The molecule has 6 heteroatoms. The lowest BCUT2D eigenvalue weighted by atomic mass is 10.0. The van der Waals surface area contributed by atoms with Gasteiger partial charge in [-0.3, -0.25) is 9.69 Å². The zero-order chi connectivity index (χ0) is 19.3. The van der Waals surface area contributed by atoms with Gasteiger partial charge in [0.25, 0.3) is 5.56 Å². The number of nitrogens with one attached hydrogen (secondary N) is 1. The number of pyridine rings is 1. The standard InChI is InChI=1S/C22H27N5O/c1-17-9-10-21(28)27(25-17)15-14-26-13-5-4-7-19(26)16-24-22-20-8-3-2-6-18(20)11-12-23-22/h2-3,6,8-12,19H,4-5,7,13-16H2,1H3,(H,23,24). The van der Waals surface area contributed by atoms with Crippen LogP contribution in [0.15, 0.2) is 53.5 Å². The van der Waals surface area contributed by atoms with Crippen molar-refractivity contribution in [2.24, 2.45) is 0 Å². The first kappa shape index (κ1) is 18.6. The molecule has 0 aliphatic carbocycles. The second kappa shape index (κ2) is 8.52. The lowest BCUT2D eigenvalue weighted by molar-refractivity contribution is 0.148. The van der Waals surface area contributed by atoms with Gasteiger partial charge >= 0.3 is 0 Å². The van der Waals surface area contributed by atoms with Gasteiger partial charge < -0.3 is 5.32 Å². The lowest BCUT2D eigenvalue weighted by Gasteiger charge is -2.36. The van der Waals surface area contributed by atoms with Gasteiger partial charge in [0.15, 0.2) is 0 Å². The van der Waals surface area contributed by atoms with E-state index in [0.717, 1.165) is 43.0 Å². The molecular formula is C22H27N5O. The smallest absolute Gasteiger partial charge is 0.266 e. The number of hydrogen-bond acceptors (Lipinski definition) is 5. The number of aryl methyl sites for hydroxylation is 1. The molecule has 1 aliphatic rings. The van der Waals surface area contributed by atoms with E-state index in [2.05, 4.69) is 44.6 Å². The van der Waals surface area contributed by atoms with Gasteiger partial charge in [0, 0.05) is 36.8 Å². The van der Waals surface area contributed by atoms with E-state index in [0.29, 0.717) is 12.6 Å². The molecule has 146 valence electrons. The number of piperidine rings is 1. The normalized spacial score (nSPS) is 17.7. The summed E-state index contributed by atoms with van der Waals surface area (Å²) in [6.45, 7) is 5.31. The van der Waals surface area contributed by atoms with Gasteiger partial charge in [-0.15, -0.1) is 0 Å². The number of benzene rings is 1. The first-order valence-electron chi connectivity index (χ1n) is 10.1. The molecule has 0 radical (unpaired) electrons. The largest absolute Gasteiger partial charge is 0.368 e. The first-order valence-corrected chi connectivity index (χ1v) is 10.1. The maximum absolute atomic E-state index is 12.0. The molecule has 1 unspecified atom stereocenters. The highest BCUT2D eigenvalue weighted by atomic mass is 16.1. The summed E-state index contributed by atoms with van der Waals surface area (Å²) in [4.78, 5) is 19.1. The van der Waals surface area contributed by atoms with Crippen molar-refractivity contribution in [2.45, 2.75) is 38.8 Å². The molecule has 0 amide bonds. The van der Waals surface area contributed by atoms with Crippen molar-refractivity contribution in [1.29, 1.82) is 0 Å². The second-order valence-electron chi connectivity index (χ2n) is 7.48. The van der Waals surface area contributed by atoms with E-state index in [1.807, 2.05) is 19.2 Å². The number of likely N-dealkylation sites (tertiary alicyclic amines) is 1. The molecule has 4 rings (SSSR count). The van der Waals surface area contributed by atoms with Gasteiger partial charge in [-0.05, 0) is 43.8 Å². The SMILES string of the molecule is Cc1ccc(=O)n(CCN2CCCCC2CNc2nccc3ccccc23)n1. The Morgan fingerprint density at radius 3 is 2.93 bits per heavy atom. The van der Waals surface area contributed by atoms with Crippen LogP contribution in [0, 0.1) is 6.92 Å². The average Bonchev–Trinajstić information content (AvgIpc) is 2.73. The molecule has 3 aromatic rings. The summed E-state index contributed by atoms with van der Waals surface area (Å²) in [6.07, 6.45) is 5.47. The summed E-state index contributed by atoms with van der Waals surface area (Å²) < 4.78 is 1.58. The maximum Gasteiger partial charge on any atom is 0.266 e. The summed E-state index contributed by atoms with van der Waals surface area (Å²) in [6, 6.07) is 14.2. The van der Waals surface area contributed by atoms with Gasteiger partial charge in [-0.2, -0.15) is 5.10 Å². The lowest BCUT2D eigenvalue weighted by Crippen LogP contribution is -2.45. The van der Waals surface area contributed by atoms with Crippen molar-refractivity contribution >= 4 is 16.6 Å². The molecule has 1 atom stereocenters. The van der Waals surface area contributed by atoms with Crippen LogP contribution in [-0.4, -0.2) is 45.3 Å². The molecule has 0 bridgehead atoms. The third kappa shape index (κ3) is 4.22. The predicted molar refractivity (Wildman–Crippen MR) is 113 cm³/mol. The Labute approximate surface area is 165 Å². The van der Waals surface area contributed by atoms with E-state index < -0.39 is 0 Å². The van der Waals surface area contributed by atoms with E-state index in [1.54, 1.807) is 16.8 Å². The number of rotatable bonds is 6.